The molecule has 0 unspecified atom stereocenters. The molecule has 0 aliphatic rings. The zero-order valence-electron chi connectivity index (χ0n) is 9.29. The predicted octanol–water partition coefficient (Wildman–Crippen LogP) is 4.51. The monoisotopic (exact) mass is 373 g/mol. The number of hydrogen-bond donors (Lipinski definition) is 1. The van der Waals surface area contributed by atoms with E-state index in [2.05, 4.69) is 31.9 Å². The molecule has 0 aliphatic heterocycles. The SMILES string of the molecule is Nc1cc(Br)c(OCc2ccccc2F)c(Br)c1. The fourth-order valence-electron chi connectivity index (χ4n) is 1.48. The van der Waals surface area contributed by atoms with Gasteiger partial charge in [0.2, 0.25) is 0 Å². The Labute approximate surface area is 121 Å². The van der Waals surface area contributed by atoms with Crippen molar-refractivity contribution in [1.29, 1.82) is 0 Å². The minimum absolute atomic E-state index is 0.161. The van der Waals surface area contributed by atoms with Gasteiger partial charge in [-0.3, -0.25) is 0 Å². The van der Waals surface area contributed by atoms with Crippen molar-refractivity contribution < 1.29 is 9.13 Å². The van der Waals surface area contributed by atoms with Gasteiger partial charge in [-0.2, -0.15) is 0 Å². The van der Waals surface area contributed by atoms with Crippen LogP contribution in [-0.2, 0) is 6.61 Å². The number of halogens is 3. The Balaban J connectivity index is 2.19. The van der Waals surface area contributed by atoms with Crippen LogP contribution in [-0.4, -0.2) is 0 Å². The van der Waals surface area contributed by atoms with Crippen molar-refractivity contribution in [3.63, 3.8) is 0 Å². The fourth-order valence-corrected chi connectivity index (χ4v) is 2.93. The van der Waals surface area contributed by atoms with Gasteiger partial charge in [-0.05, 0) is 50.1 Å². The second-order valence-electron chi connectivity index (χ2n) is 3.69. The lowest BCUT2D eigenvalue weighted by Gasteiger charge is -2.11. The highest BCUT2D eigenvalue weighted by molar-refractivity contribution is 9.11. The molecular weight excluding hydrogens is 365 g/mol. The highest BCUT2D eigenvalue weighted by atomic mass is 79.9. The molecule has 0 spiro atoms. The first-order chi connectivity index (χ1) is 8.58. The van der Waals surface area contributed by atoms with Gasteiger partial charge >= 0.3 is 0 Å². The molecule has 0 atom stereocenters. The maximum absolute atomic E-state index is 13.4. The lowest BCUT2D eigenvalue weighted by molar-refractivity contribution is 0.296. The van der Waals surface area contributed by atoms with Crippen molar-refractivity contribution in [1.82, 2.24) is 0 Å². The van der Waals surface area contributed by atoms with E-state index in [1.54, 1.807) is 30.3 Å². The summed E-state index contributed by atoms with van der Waals surface area (Å²) in [6.07, 6.45) is 0. The van der Waals surface area contributed by atoms with Crippen molar-refractivity contribution in [2.24, 2.45) is 0 Å². The topological polar surface area (TPSA) is 35.2 Å². The van der Waals surface area contributed by atoms with Crippen molar-refractivity contribution >= 4 is 37.5 Å². The van der Waals surface area contributed by atoms with Crippen molar-refractivity contribution in [3.8, 4) is 5.75 Å². The van der Waals surface area contributed by atoms with Crippen LogP contribution in [0.3, 0.4) is 0 Å². The van der Waals surface area contributed by atoms with E-state index in [0.717, 1.165) is 8.95 Å². The molecule has 2 nitrogen and oxygen atoms in total. The van der Waals surface area contributed by atoms with Crippen molar-refractivity contribution in [2.45, 2.75) is 6.61 Å². The molecule has 2 aromatic carbocycles. The van der Waals surface area contributed by atoms with Gasteiger partial charge in [-0.15, -0.1) is 0 Å². The van der Waals surface area contributed by atoms with Gasteiger partial charge in [0.05, 0.1) is 8.95 Å². The van der Waals surface area contributed by atoms with E-state index >= 15 is 0 Å². The van der Waals surface area contributed by atoms with E-state index in [9.17, 15) is 4.39 Å². The summed E-state index contributed by atoms with van der Waals surface area (Å²) in [6, 6.07) is 9.99. The Kier molecular flexibility index (Phi) is 4.24. The van der Waals surface area contributed by atoms with Gasteiger partial charge in [-0.25, -0.2) is 4.39 Å². The average molecular weight is 375 g/mol. The van der Waals surface area contributed by atoms with Gasteiger partial charge in [0.15, 0.2) is 0 Å². The van der Waals surface area contributed by atoms with Gasteiger partial charge in [0.25, 0.3) is 0 Å². The van der Waals surface area contributed by atoms with Gasteiger partial charge in [-0.1, -0.05) is 18.2 Å². The quantitative estimate of drug-likeness (QED) is 0.802. The van der Waals surface area contributed by atoms with Crippen LogP contribution < -0.4 is 10.5 Å². The Bertz CT molecular complexity index is 552. The normalized spacial score (nSPS) is 10.4. The van der Waals surface area contributed by atoms with Crippen molar-refractivity contribution in [3.05, 3.63) is 56.7 Å². The fraction of sp³-hybridized carbons (Fsp3) is 0.0769. The molecule has 0 heterocycles. The molecule has 2 N–H and O–H groups in total. The van der Waals surface area contributed by atoms with Crippen LogP contribution in [0.4, 0.5) is 10.1 Å². The summed E-state index contributed by atoms with van der Waals surface area (Å²) in [5.41, 5.74) is 6.81. The number of rotatable bonds is 3. The van der Waals surface area contributed by atoms with Crippen LogP contribution >= 0.6 is 31.9 Å². The van der Waals surface area contributed by atoms with Gasteiger partial charge in [0.1, 0.15) is 18.2 Å². The Morgan fingerprint density at radius 1 is 1.11 bits per heavy atom. The second kappa shape index (κ2) is 5.71. The summed E-state index contributed by atoms with van der Waals surface area (Å²) in [4.78, 5) is 0. The third-order valence-electron chi connectivity index (χ3n) is 2.35. The van der Waals surface area contributed by atoms with E-state index in [0.29, 0.717) is 17.0 Å². The number of ether oxygens (including phenoxy) is 1. The minimum Gasteiger partial charge on any atom is -0.486 e. The first-order valence-electron chi connectivity index (χ1n) is 5.18. The Hall–Kier alpha value is -1.07. The molecule has 0 aromatic heterocycles. The van der Waals surface area contributed by atoms with E-state index in [1.807, 2.05) is 0 Å². The summed E-state index contributed by atoms with van der Waals surface area (Å²) in [5, 5.41) is 0. The zero-order valence-corrected chi connectivity index (χ0v) is 12.5. The van der Waals surface area contributed by atoms with E-state index in [4.69, 9.17) is 10.5 Å². The molecule has 0 saturated carbocycles. The van der Waals surface area contributed by atoms with Crippen LogP contribution in [0.1, 0.15) is 5.56 Å². The molecule has 94 valence electrons. The molecule has 5 heteroatoms. The second-order valence-corrected chi connectivity index (χ2v) is 5.40. The molecule has 0 aliphatic carbocycles. The standard InChI is InChI=1S/C13H10Br2FNO/c14-10-5-9(17)6-11(15)13(10)18-7-8-3-1-2-4-12(8)16/h1-6H,7,17H2. The van der Waals surface area contributed by atoms with Crippen LogP contribution in [0, 0.1) is 5.82 Å². The summed E-state index contributed by atoms with van der Waals surface area (Å²) in [7, 11) is 0. The third kappa shape index (κ3) is 3.03. The summed E-state index contributed by atoms with van der Waals surface area (Å²) in [5.74, 6) is 0.327. The molecule has 0 fully saturated rings. The molecule has 0 amide bonds. The van der Waals surface area contributed by atoms with Crippen LogP contribution in [0.15, 0.2) is 45.3 Å². The van der Waals surface area contributed by atoms with Gasteiger partial charge < -0.3 is 10.5 Å². The lowest BCUT2D eigenvalue weighted by atomic mass is 10.2. The number of hydrogen-bond acceptors (Lipinski definition) is 2. The number of nitrogen functional groups attached to an aromatic ring is 1. The Morgan fingerprint density at radius 3 is 2.33 bits per heavy atom. The third-order valence-corrected chi connectivity index (χ3v) is 3.53. The van der Waals surface area contributed by atoms with E-state index in [-0.39, 0.29) is 12.4 Å². The van der Waals surface area contributed by atoms with Crippen LogP contribution in [0.25, 0.3) is 0 Å². The maximum Gasteiger partial charge on any atom is 0.148 e. The summed E-state index contributed by atoms with van der Waals surface area (Å²) >= 11 is 6.72. The molecule has 0 saturated heterocycles. The molecule has 2 aromatic rings. The first kappa shape index (κ1) is 13.4. The summed E-state index contributed by atoms with van der Waals surface area (Å²) < 4.78 is 20.5. The smallest absolute Gasteiger partial charge is 0.148 e. The van der Waals surface area contributed by atoms with Gasteiger partial charge in [0, 0.05) is 11.3 Å². The molecule has 18 heavy (non-hydrogen) atoms. The number of benzene rings is 2. The minimum atomic E-state index is -0.278. The maximum atomic E-state index is 13.4. The number of anilines is 1. The largest absolute Gasteiger partial charge is 0.486 e. The van der Waals surface area contributed by atoms with Crippen LogP contribution in [0.2, 0.25) is 0 Å². The molecule has 0 bridgehead atoms. The van der Waals surface area contributed by atoms with E-state index < -0.39 is 0 Å². The summed E-state index contributed by atoms with van der Waals surface area (Å²) in [6.45, 7) is 0.161. The molecule has 0 radical (unpaired) electrons. The zero-order chi connectivity index (χ0) is 13.1. The predicted molar refractivity (Wildman–Crippen MR) is 77.0 cm³/mol. The molecule has 2 rings (SSSR count). The van der Waals surface area contributed by atoms with Crippen LogP contribution in [0.5, 0.6) is 5.75 Å². The highest BCUT2D eigenvalue weighted by Crippen LogP contribution is 2.36. The number of nitrogens with two attached hydrogens (primary N) is 1. The lowest BCUT2D eigenvalue weighted by Crippen LogP contribution is -2.00. The van der Waals surface area contributed by atoms with E-state index in [1.165, 1.54) is 6.07 Å². The highest BCUT2D eigenvalue weighted by Gasteiger charge is 2.09. The van der Waals surface area contributed by atoms with Crippen molar-refractivity contribution in [2.75, 3.05) is 5.73 Å². The first-order valence-corrected chi connectivity index (χ1v) is 6.77. The Morgan fingerprint density at radius 2 is 1.72 bits per heavy atom. The molecular formula is C13H10Br2FNO. The average Bonchev–Trinajstić information content (AvgIpc) is 2.30.